The van der Waals surface area contributed by atoms with Crippen molar-refractivity contribution in [2.24, 2.45) is 28.6 Å². The molecule has 30 heavy (non-hydrogen) atoms. The third kappa shape index (κ3) is 3.21. The topological polar surface area (TPSA) is 63.6 Å². The van der Waals surface area contributed by atoms with E-state index in [1.54, 1.807) is 0 Å². The molecular formula is C26H38O4. The summed E-state index contributed by atoms with van der Waals surface area (Å²) >= 11 is 0. The Morgan fingerprint density at radius 2 is 1.93 bits per heavy atom. The molecule has 0 bridgehead atoms. The average molecular weight is 415 g/mol. The maximum Gasteiger partial charge on any atom is 0.305 e. The van der Waals surface area contributed by atoms with Crippen molar-refractivity contribution in [2.45, 2.75) is 91.1 Å². The first-order chi connectivity index (χ1) is 14.1. The smallest absolute Gasteiger partial charge is 0.305 e. The molecule has 0 aromatic carbocycles. The molecule has 4 rings (SSSR count). The maximum absolute atomic E-state index is 12.1. The predicted octanol–water partition coefficient (Wildman–Crippen LogP) is 5.15. The van der Waals surface area contributed by atoms with Gasteiger partial charge in [-0.1, -0.05) is 32.4 Å². The van der Waals surface area contributed by atoms with Gasteiger partial charge in [0, 0.05) is 12.8 Å². The van der Waals surface area contributed by atoms with Crippen LogP contribution in [0, 0.1) is 28.6 Å². The highest BCUT2D eigenvalue weighted by Crippen LogP contribution is 2.67. The number of carbonyl (C=O) groups is 2. The first-order valence-electron chi connectivity index (χ1n) is 12.0. The lowest BCUT2D eigenvalue weighted by Gasteiger charge is -2.58. The molecule has 4 aliphatic carbocycles. The normalized spacial score (nSPS) is 42.6. The van der Waals surface area contributed by atoms with Gasteiger partial charge >= 0.3 is 5.97 Å². The number of ketones is 1. The first kappa shape index (κ1) is 21.8. The quantitative estimate of drug-likeness (QED) is 0.632. The Kier molecular flexibility index (Phi) is 5.53. The van der Waals surface area contributed by atoms with Crippen LogP contribution in [-0.2, 0) is 14.3 Å². The number of hydrogen-bond donors (Lipinski definition) is 1. The zero-order valence-electron chi connectivity index (χ0n) is 19.1. The first-order valence-corrected chi connectivity index (χ1v) is 12.0. The number of hydrogen-bond acceptors (Lipinski definition) is 4. The average Bonchev–Trinajstić information content (AvgIpc) is 2.98. The summed E-state index contributed by atoms with van der Waals surface area (Å²) in [4.78, 5) is 24.2. The van der Waals surface area contributed by atoms with Crippen molar-refractivity contribution in [3.05, 3.63) is 23.3 Å². The van der Waals surface area contributed by atoms with E-state index in [2.05, 4.69) is 26.8 Å². The van der Waals surface area contributed by atoms with Crippen molar-refractivity contribution < 1.29 is 19.4 Å². The summed E-state index contributed by atoms with van der Waals surface area (Å²) in [6, 6.07) is 0. The molecule has 0 aromatic heterocycles. The number of carbonyl (C=O) groups excluding carboxylic acids is 2. The van der Waals surface area contributed by atoms with E-state index in [0.29, 0.717) is 43.6 Å². The molecule has 1 N–H and O–H groups in total. The Bertz CT molecular complexity index is 795. The molecule has 2 saturated carbocycles. The van der Waals surface area contributed by atoms with Crippen LogP contribution < -0.4 is 0 Å². The number of rotatable bonds is 5. The fraction of sp³-hybridized carbons (Fsp3) is 0.769. The Morgan fingerprint density at radius 1 is 1.20 bits per heavy atom. The summed E-state index contributed by atoms with van der Waals surface area (Å²) < 4.78 is 5.25. The fourth-order valence-electron chi connectivity index (χ4n) is 7.53. The zero-order valence-corrected chi connectivity index (χ0v) is 19.1. The molecule has 0 unspecified atom stereocenters. The van der Waals surface area contributed by atoms with Gasteiger partial charge in [-0.3, -0.25) is 9.59 Å². The van der Waals surface area contributed by atoms with Gasteiger partial charge < -0.3 is 9.84 Å². The Hall–Kier alpha value is -1.42. The summed E-state index contributed by atoms with van der Waals surface area (Å²) in [6.07, 6.45) is 11.4. The van der Waals surface area contributed by atoms with Gasteiger partial charge in [0.15, 0.2) is 5.78 Å². The highest BCUT2D eigenvalue weighted by atomic mass is 16.5. The molecule has 0 radical (unpaired) electrons. The second kappa shape index (κ2) is 7.62. The van der Waals surface area contributed by atoms with Crippen molar-refractivity contribution in [2.75, 3.05) is 6.61 Å². The lowest BCUT2D eigenvalue weighted by molar-refractivity contribution is -0.149. The molecule has 0 spiro atoms. The van der Waals surface area contributed by atoms with Crippen LogP contribution in [0.25, 0.3) is 0 Å². The van der Waals surface area contributed by atoms with Crippen molar-refractivity contribution >= 4 is 11.8 Å². The van der Waals surface area contributed by atoms with Crippen LogP contribution >= 0.6 is 0 Å². The molecule has 0 aromatic rings. The molecule has 4 nitrogen and oxygen atoms in total. The molecule has 0 saturated heterocycles. The molecule has 0 amide bonds. The predicted molar refractivity (Wildman–Crippen MR) is 117 cm³/mol. The van der Waals surface area contributed by atoms with Gasteiger partial charge in [-0.2, -0.15) is 0 Å². The van der Waals surface area contributed by atoms with Crippen molar-refractivity contribution in [1.82, 2.24) is 0 Å². The van der Waals surface area contributed by atoms with Gasteiger partial charge in [0.2, 0.25) is 0 Å². The van der Waals surface area contributed by atoms with Crippen LogP contribution in [-0.4, -0.2) is 29.1 Å². The second-order valence-electron chi connectivity index (χ2n) is 10.8. The Morgan fingerprint density at radius 3 is 2.67 bits per heavy atom. The molecule has 0 heterocycles. The van der Waals surface area contributed by atoms with Gasteiger partial charge in [-0.15, -0.1) is 0 Å². The minimum absolute atomic E-state index is 0.0728. The summed E-state index contributed by atoms with van der Waals surface area (Å²) in [5.74, 6) is 1.49. The molecule has 4 heteroatoms. The Labute approximate surface area is 181 Å². The molecule has 6 atom stereocenters. The summed E-state index contributed by atoms with van der Waals surface area (Å²) in [5, 5.41) is 11.7. The van der Waals surface area contributed by atoms with E-state index >= 15 is 0 Å². The van der Waals surface area contributed by atoms with Crippen LogP contribution in [0.3, 0.4) is 0 Å². The zero-order chi connectivity index (χ0) is 21.7. The van der Waals surface area contributed by atoms with Crippen LogP contribution in [0.4, 0.5) is 0 Å². The highest BCUT2D eigenvalue weighted by molar-refractivity contribution is 5.92. The fourth-order valence-corrected chi connectivity index (χ4v) is 7.53. The minimum Gasteiger partial charge on any atom is -0.466 e. The third-order valence-electron chi connectivity index (χ3n) is 9.36. The van der Waals surface area contributed by atoms with Crippen LogP contribution in [0.1, 0.15) is 85.5 Å². The number of ether oxygens (including phenoxy) is 1. The monoisotopic (exact) mass is 414 g/mol. The number of fused-ring (bicyclic) bond motifs is 5. The molecular weight excluding hydrogens is 376 g/mol. The van der Waals surface area contributed by atoms with Crippen LogP contribution in [0.2, 0.25) is 0 Å². The minimum atomic E-state index is -0.796. The highest BCUT2D eigenvalue weighted by Gasteiger charge is 2.63. The van der Waals surface area contributed by atoms with Crippen molar-refractivity contribution in [3.8, 4) is 0 Å². The third-order valence-corrected chi connectivity index (χ3v) is 9.36. The summed E-state index contributed by atoms with van der Waals surface area (Å²) in [7, 11) is 0. The molecule has 4 aliphatic rings. The van der Waals surface area contributed by atoms with Crippen LogP contribution in [0.5, 0.6) is 0 Å². The standard InChI is InChI=1S/C26H38O4/c1-5-14-30-23(28)9-13-26(29)12-8-21-19-15-17(2)22-16-18(27)6-10-24(22,3)20(19)7-11-25(21,26)4/h15-16,19-21,29H,5-14H2,1-4H3/t19-,20+,21+,24-,25+,26+/m1/s1. The van der Waals surface area contributed by atoms with Crippen molar-refractivity contribution in [1.29, 1.82) is 0 Å². The van der Waals surface area contributed by atoms with E-state index in [0.717, 1.165) is 38.5 Å². The van der Waals surface area contributed by atoms with Crippen LogP contribution in [0.15, 0.2) is 23.3 Å². The van der Waals surface area contributed by atoms with Gasteiger partial charge in [0.25, 0.3) is 0 Å². The Balaban J connectivity index is 1.58. The van der Waals surface area contributed by atoms with Gasteiger partial charge in [-0.05, 0) is 92.1 Å². The number of allylic oxidation sites excluding steroid dienone is 4. The summed E-state index contributed by atoms with van der Waals surface area (Å²) in [5.41, 5.74) is 1.63. The van der Waals surface area contributed by atoms with E-state index in [1.165, 1.54) is 11.1 Å². The molecule has 166 valence electrons. The van der Waals surface area contributed by atoms with E-state index in [1.807, 2.05) is 13.0 Å². The van der Waals surface area contributed by atoms with Crippen molar-refractivity contribution in [3.63, 3.8) is 0 Å². The van der Waals surface area contributed by atoms with Gasteiger partial charge in [0.05, 0.1) is 12.2 Å². The van der Waals surface area contributed by atoms with E-state index < -0.39 is 5.60 Å². The largest absolute Gasteiger partial charge is 0.466 e. The van der Waals surface area contributed by atoms with Gasteiger partial charge in [0.1, 0.15) is 0 Å². The molecule has 0 aliphatic heterocycles. The molecule has 2 fully saturated rings. The second-order valence-corrected chi connectivity index (χ2v) is 10.8. The SMILES string of the molecule is CCCOC(=O)CC[C@@]1(O)CC[C@H]2[C@@H]3C=C(C)C4=CC(=O)CC[C@]4(C)[C@H]3CC[C@@]21C. The van der Waals surface area contributed by atoms with E-state index in [9.17, 15) is 14.7 Å². The van der Waals surface area contributed by atoms with E-state index in [-0.39, 0.29) is 22.6 Å². The lowest BCUT2D eigenvalue weighted by atomic mass is 9.47. The maximum atomic E-state index is 12.1. The number of esters is 1. The number of aliphatic hydroxyl groups is 1. The van der Waals surface area contributed by atoms with Gasteiger partial charge in [-0.25, -0.2) is 0 Å². The summed E-state index contributed by atoms with van der Waals surface area (Å²) in [6.45, 7) is 9.25. The van der Waals surface area contributed by atoms with E-state index in [4.69, 9.17) is 4.74 Å². The lowest BCUT2D eigenvalue weighted by Crippen LogP contribution is -2.54.